The Morgan fingerprint density at radius 2 is 1.23 bits per heavy atom. The number of piperazine rings is 1. The molecule has 6 nitrogen and oxygen atoms in total. The number of nitrogens with zero attached hydrogens (tertiary/aromatic N) is 2. The van der Waals surface area contributed by atoms with Gasteiger partial charge in [-0.05, 0) is 74.0 Å². The van der Waals surface area contributed by atoms with E-state index in [1.807, 2.05) is 9.80 Å². The molecule has 172 valence electrons. The smallest absolute Gasteiger partial charge is 0.224 e. The van der Waals surface area contributed by atoms with Crippen molar-refractivity contribution in [3.05, 3.63) is 0 Å². The van der Waals surface area contributed by atoms with Crippen molar-refractivity contribution in [2.45, 2.75) is 70.6 Å². The van der Waals surface area contributed by atoms with Crippen molar-refractivity contribution in [2.75, 3.05) is 32.7 Å². The van der Waals surface area contributed by atoms with Crippen molar-refractivity contribution in [1.82, 2.24) is 15.1 Å². The van der Waals surface area contributed by atoms with Crippen molar-refractivity contribution in [3.63, 3.8) is 0 Å². The van der Waals surface area contributed by atoms with Crippen LogP contribution in [0.4, 0.5) is 0 Å². The molecule has 1 saturated heterocycles. The Hall–Kier alpha value is -1.59. The van der Waals surface area contributed by atoms with Crippen molar-refractivity contribution in [1.29, 1.82) is 0 Å². The molecule has 1 N–H and O–H groups in total. The van der Waals surface area contributed by atoms with Gasteiger partial charge in [0, 0.05) is 52.0 Å². The summed E-state index contributed by atoms with van der Waals surface area (Å²) in [6.07, 6.45) is 12.2. The van der Waals surface area contributed by atoms with Gasteiger partial charge < -0.3 is 15.1 Å². The van der Waals surface area contributed by atoms with Gasteiger partial charge in [-0.15, -0.1) is 0 Å². The van der Waals surface area contributed by atoms with Gasteiger partial charge >= 0.3 is 0 Å². The molecule has 0 radical (unpaired) electrons. The van der Waals surface area contributed by atoms with Crippen LogP contribution in [0.3, 0.4) is 0 Å². The Bertz CT molecular complexity index is 702. The van der Waals surface area contributed by atoms with Gasteiger partial charge in [0.25, 0.3) is 0 Å². The molecule has 4 bridgehead atoms. The van der Waals surface area contributed by atoms with Crippen LogP contribution in [0.15, 0.2) is 0 Å². The summed E-state index contributed by atoms with van der Waals surface area (Å²) in [6.45, 7) is 2.99. The highest BCUT2D eigenvalue weighted by atomic mass is 16.2. The fraction of sp³-hybridized carbons (Fsp3) is 0.880. The molecule has 5 aliphatic rings. The molecule has 6 heteroatoms. The summed E-state index contributed by atoms with van der Waals surface area (Å²) >= 11 is 0. The first-order valence-corrected chi connectivity index (χ1v) is 12.9. The second kappa shape index (κ2) is 9.11. The topological polar surface area (TPSA) is 69.7 Å². The first-order chi connectivity index (χ1) is 15.0. The van der Waals surface area contributed by atoms with E-state index in [-0.39, 0.29) is 17.7 Å². The van der Waals surface area contributed by atoms with E-state index >= 15 is 0 Å². The summed E-state index contributed by atoms with van der Waals surface area (Å²) in [4.78, 5) is 41.3. The summed E-state index contributed by atoms with van der Waals surface area (Å²) < 4.78 is 0. The highest BCUT2D eigenvalue weighted by Gasteiger charge is 2.41. The van der Waals surface area contributed by atoms with E-state index in [4.69, 9.17) is 0 Å². The summed E-state index contributed by atoms with van der Waals surface area (Å²) in [7, 11) is 0. The zero-order valence-corrected chi connectivity index (χ0v) is 18.9. The van der Waals surface area contributed by atoms with Gasteiger partial charge in [0.05, 0.1) is 0 Å². The van der Waals surface area contributed by atoms with Crippen molar-refractivity contribution in [3.8, 4) is 0 Å². The molecule has 5 fully saturated rings. The Morgan fingerprint density at radius 1 is 0.677 bits per heavy atom. The summed E-state index contributed by atoms with van der Waals surface area (Å²) in [6, 6.07) is 0. The maximum Gasteiger partial charge on any atom is 0.224 e. The van der Waals surface area contributed by atoms with Crippen LogP contribution >= 0.6 is 0 Å². The normalized spacial score (nSPS) is 36.3. The van der Waals surface area contributed by atoms with Gasteiger partial charge in [0.1, 0.15) is 0 Å². The zero-order chi connectivity index (χ0) is 21.4. The minimum absolute atomic E-state index is 0.0976. The fourth-order valence-corrected chi connectivity index (χ4v) is 7.59. The standard InChI is InChI=1S/C25H39N3O3/c29-23(15-21-13-17-1-3-19(21)11-17)26-6-5-24(30)27-7-9-28(10-8-27)25(31)16-22-14-18-2-4-20(22)12-18/h17-22H,1-16H2,(H,26,29)/t17-,18-,19-,20-,21-,22+/m0/s1. The van der Waals surface area contributed by atoms with Crippen molar-refractivity contribution >= 4 is 17.7 Å². The number of carbonyl (C=O) groups excluding carboxylic acids is 3. The first-order valence-electron chi connectivity index (χ1n) is 12.9. The molecule has 4 aliphatic carbocycles. The van der Waals surface area contributed by atoms with E-state index < -0.39 is 0 Å². The monoisotopic (exact) mass is 429 g/mol. The van der Waals surface area contributed by atoms with Crippen LogP contribution in [0.2, 0.25) is 0 Å². The quantitative estimate of drug-likeness (QED) is 0.677. The molecule has 1 aliphatic heterocycles. The number of carbonyl (C=O) groups is 3. The fourth-order valence-electron chi connectivity index (χ4n) is 7.59. The van der Waals surface area contributed by atoms with Gasteiger partial charge in [-0.3, -0.25) is 14.4 Å². The van der Waals surface area contributed by atoms with E-state index in [1.165, 1.54) is 51.4 Å². The van der Waals surface area contributed by atoms with Crippen molar-refractivity contribution in [2.24, 2.45) is 35.5 Å². The second-order valence-electron chi connectivity index (χ2n) is 11.1. The lowest BCUT2D eigenvalue weighted by molar-refractivity contribution is -0.140. The molecular formula is C25H39N3O3. The van der Waals surface area contributed by atoms with Crippen molar-refractivity contribution < 1.29 is 14.4 Å². The van der Waals surface area contributed by atoms with Crippen LogP contribution in [0.25, 0.3) is 0 Å². The molecule has 1 heterocycles. The molecular weight excluding hydrogens is 390 g/mol. The highest BCUT2D eigenvalue weighted by molar-refractivity contribution is 5.80. The maximum atomic E-state index is 12.7. The Labute approximate surface area is 186 Å². The SMILES string of the molecule is O=C(C[C@@H]1C[C@H]2CC[C@H]1C2)NCCC(=O)N1CCN(C(=O)C[C@H]2C[C@H]3CC[C@H]2C3)CC1. The molecule has 31 heavy (non-hydrogen) atoms. The molecule has 0 unspecified atom stereocenters. The lowest BCUT2D eigenvalue weighted by Crippen LogP contribution is -2.51. The number of fused-ring (bicyclic) bond motifs is 4. The average molecular weight is 430 g/mol. The lowest BCUT2D eigenvalue weighted by Gasteiger charge is -2.36. The molecule has 0 aromatic rings. The lowest BCUT2D eigenvalue weighted by atomic mass is 9.86. The van der Waals surface area contributed by atoms with E-state index in [1.54, 1.807) is 0 Å². The van der Waals surface area contributed by atoms with Gasteiger partial charge in [0.2, 0.25) is 17.7 Å². The first kappa shape index (κ1) is 21.3. The van der Waals surface area contributed by atoms with Crippen LogP contribution in [0, 0.1) is 35.5 Å². The molecule has 0 aromatic heterocycles. The Balaban J connectivity index is 0.967. The number of rotatable bonds is 7. The average Bonchev–Trinajstić information content (AvgIpc) is 3.56. The van der Waals surface area contributed by atoms with Crippen LogP contribution in [0.1, 0.15) is 70.6 Å². The minimum atomic E-state index is 0.0976. The molecule has 5 rings (SSSR count). The van der Waals surface area contributed by atoms with E-state index in [0.717, 1.165) is 23.7 Å². The zero-order valence-electron chi connectivity index (χ0n) is 18.9. The van der Waals surface area contributed by atoms with Crippen LogP contribution in [-0.4, -0.2) is 60.2 Å². The molecule has 0 aromatic carbocycles. The number of hydrogen-bond donors (Lipinski definition) is 1. The van der Waals surface area contributed by atoms with Gasteiger partial charge in [-0.1, -0.05) is 12.8 Å². The third-order valence-corrected chi connectivity index (χ3v) is 9.30. The summed E-state index contributed by atoms with van der Waals surface area (Å²) in [5, 5.41) is 2.97. The third-order valence-electron chi connectivity index (χ3n) is 9.30. The summed E-state index contributed by atoms with van der Waals surface area (Å²) in [5.41, 5.74) is 0. The molecule has 4 saturated carbocycles. The van der Waals surface area contributed by atoms with Gasteiger partial charge in [0.15, 0.2) is 0 Å². The highest BCUT2D eigenvalue weighted by Crippen LogP contribution is 2.50. The van der Waals surface area contributed by atoms with E-state index in [0.29, 0.717) is 63.8 Å². The third kappa shape index (κ3) is 4.78. The predicted octanol–water partition coefficient (Wildman–Crippen LogP) is 2.82. The number of hydrogen-bond acceptors (Lipinski definition) is 3. The van der Waals surface area contributed by atoms with E-state index in [9.17, 15) is 14.4 Å². The maximum absolute atomic E-state index is 12.7. The van der Waals surface area contributed by atoms with Crippen LogP contribution in [0.5, 0.6) is 0 Å². The number of amides is 3. The van der Waals surface area contributed by atoms with Crippen LogP contribution in [-0.2, 0) is 14.4 Å². The predicted molar refractivity (Wildman–Crippen MR) is 118 cm³/mol. The van der Waals surface area contributed by atoms with Gasteiger partial charge in [-0.2, -0.15) is 0 Å². The summed E-state index contributed by atoms with van der Waals surface area (Å²) in [5.74, 6) is 4.97. The minimum Gasteiger partial charge on any atom is -0.356 e. The second-order valence-corrected chi connectivity index (χ2v) is 11.1. The number of nitrogens with one attached hydrogen (secondary N) is 1. The van der Waals surface area contributed by atoms with E-state index in [2.05, 4.69) is 5.32 Å². The Kier molecular flexibility index (Phi) is 6.25. The Morgan fingerprint density at radius 3 is 1.74 bits per heavy atom. The molecule has 3 amide bonds. The molecule has 0 spiro atoms. The largest absolute Gasteiger partial charge is 0.356 e. The van der Waals surface area contributed by atoms with Gasteiger partial charge in [-0.25, -0.2) is 0 Å². The van der Waals surface area contributed by atoms with Crippen LogP contribution < -0.4 is 5.32 Å². The molecule has 6 atom stereocenters.